The molecule has 2 N–H and O–H groups in total. The summed E-state index contributed by atoms with van der Waals surface area (Å²) in [5, 5.41) is 12.3. The molecule has 0 radical (unpaired) electrons. The molecule has 0 bridgehead atoms. The van der Waals surface area contributed by atoms with Crippen molar-refractivity contribution in [2.24, 2.45) is 5.92 Å². The molecule has 0 saturated heterocycles. The number of aliphatic hydroxyl groups is 1. The van der Waals surface area contributed by atoms with Crippen LogP contribution in [0.3, 0.4) is 0 Å². The SMILES string of the molecule is OC1CC(CNCc2ccc(C(F)(F)F)cc2)C1. The van der Waals surface area contributed by atoms with Crippen LogP contribution in [0.15, 0.2) is 24.3 Å². The van der Waals surface area contributed by atoms with Gasteiger partial charge < -0.3 is 10.4 Å². The van der Waals surface area contributed by atoms with Crippen molar-refractivity contribution >= 4 is 0 Å². The lowest BCUT2D eigenvalue weighted by Crippen LogP contribution is -2.35. The molecule has 1 aromatic rings. The maximum Gasteiger partial charge on any atom is 0.416 e. The normalized spacial score (nSPS) is 23.8. The third-order valence-electron chi connectivity index (χ3n) is 3.25. The van der Waals surface area contributed by atoms with Gasteiger partial charge in [-0.05, 0) is 43.0 Å². The second kappa shape index (κ2) is 5.28. The van der Waals surface area contributed by atoms with Gasteiger partial charge >= 0.3 is 6.18 Å². The molecule has 100 valence electrons. The molecule has 0 spiro atoms. The number of hydrogen-bond acceptors (Lipinski definition) is 2. The molecule has 0 amide bonds. The minimum absolute atomic E-state index is 0.164. The van der Waals surface area contributed by atoms with Crippen molar-refractivity contribution in [2.45, 2.75) is 31.7 Å². The van der Waals surface area contributed by atoms with Gasteiger partial charge in [0.2, 0.25) is 0 Å². The smallest absolute Gasteiger partial charge is 0.393 e. The Morgan fingerprint density at radius 1 is 1.17 bits per heavy atom. The molecular weight excluding hydrogens is 243 g/mol. The van der Waals surface area contributed by atoms with Gasteiger partial charge in [0, 0.05) is 6.54 Å². The largest absolute Gasteiger partial charge is 0.416 e. The maximum absolute atomic E-state index is 12.3. The first-order valence-electron chi connectivity index (χ1n) is 6.00. The summed E-state index contributed by atoms with van der Waals surface area (Å²) in [5.74, 6) is 0.495. The molecule has 0 atom stereocenters. The number of rotatable bonds is 4. The number of hydrogen-bond donors (Lipinski definition) is 2. The summed E-state index contributed by atoms with van der Waals surface area (Å²) < 4.78 is 37.0. The summed E-state index contributed by atoms with van der Waals surface area (Å²) in [4.78, 5) is 0. The lowest BCUT2D eigenvalue weighted by atomic mass is 9.82. The van der Waals surface area contributed by atoms with Crippen LogP contribution >= 0.6 is 0 Å². The van der Waals surface area contributed by atoms with Crippen molar-refractivity contribution in [3.8, 4) is 0 Å². The van der Waals surface area contributed by atoms with Crippen LogP contribution in [0.25, 0.3) is 0 Å². The second-order valence-electron chi connectivity index (χ2n) is 4.82. The summed E-state index contributed by atoms with van der Waals surface area (Å²) in [5.41, 5.74) is 0.219. The molecule has 0 aliphatic heterocycles. The molecular formula is C13H16F3NO. The third-order valence-corrected chi connectivity index (χ3v) is 3.25. The number of alkyl halides is 3. The van der Waals surface area contributed by atoms with Gasteiger partial charge in [-0.1, -0.05) is 12.1 Å². The predicted molar refractivity (Wildman–Crippen MR) is 61.9 cm³/mol. The Labute approximate surface area is 104 Å². The van der Waals surface area contributed by atoms with E-state index in [1.54, 1.807) is 0 Å². The van der Waals surface area contributed by atoms with Crippen molar-refractivity contribution in [2.75, 3.05) is 6.54 Å². The highest BCUT2D eigenvalue weighted by Crippen LogP contribution is 2.29. The monoisotopic (exact) mass is 259 g/mol. The van der Waals surface area contributed by atoms with Crippen molar-refractivity contribution in [1.29, 1.82) is 0 Å². The van der Waals surface area contributed by atoms with Gasteiger partial charge in [-0.3, -0.25) is 0 Å². The first kappa shape index (κ1) is 13.4. The summed E-state index contributed by atoms with van der Waals surface area (Å²) in [7, 11) is 0. The maximum atomic E-state index is 12.3. The third kappa shape index (κ3) is 3.46. The number of aliphatic hydroxyl groups excluding tert-OH is 1. The molecule has 1 saturated carbocycles. The molecule has 1 aliphatic carbocycles. The van der Waals surface area contributed by atoms with E-state index in [0.29, 0.717) is 12.5 Å². The van der Waals surface area contributed by atoms with E-state index in [0.717, 1.165) is 37.1 Å². The van der Waals surface area contributed by atoms with E-state index in [2.05, 4.69) is 5.32 Å². The van der Waals surface area contributed by atoms with Crippen LogP contribution in [0.2, 0.25) is 0 Å². The minimum Gasteiger partial charge on any atom is -0.393 e. The lowest BCUT2D eigenvalue weighted by Gasteiger charge is -2.31. The van der Waals surface area contributed by atoms with Gasteiger partial charge in [-0.25, -0.2) is 0 Å². The minimum atomic E-state index is -4.27. The van der Waals surface area contributed by atoms with Gasteiger partial charge in [-0.15, -0.1) is 0 Å². The second-order valence-corrected chi connectivity index (χ2v) is 4.82. The van der Waals surface area contributed by atoms with Crippen molar-refractivity contribution in [3.63, 3.8) is 0 Å². The van der Waals surface area contributed by atoms with Crippen LogP contribution < -0.4 is 5.32 Å². The average Bonchev–Trinajstić information content (AvgIpc) is 2.26. The summed E-state index contributed by atoms with van der Waals surface area (Å²) in [6.45, 7) is 1.36. The first-order valence-corrected chi connectivity index (χ1v) is 6.00. The average molecular weight is 259 g/mol. The quantitative estimate of drug-likeness (QED) is 0.871. The van der Waals surface area contributed by atoms with Crippen LogP contribution in [0, 0.1) is 5.92 Å². The van der Waals surface area contributed by atoms with Crippen LogP contribution in [-0.2, 0) is 12.7 Å². The number of halogens is 3. The standard InChI is InChI=1S/C13H16F3NO/c14-13(15,16)11-3-1-9(2-4-11)7-17-8-10-5-12(18)6-10/h1-4,10,12,17-18H,5-8H2. The zero-order valence-corrected chi connectivity index (χ0v) is 9.87. The van der Waals surface area contributed by atoms with Gasteiger partial charge in [0.25, 0.3) is 0 Å². The highest BCUT2D eigenvalue weighted by atomic mass is 19.4. The highest BCUT2D eigenvalue weighted by Gasteiger charge is 2.30. The van der Waals surface area contributed by atoms with Gasteiger partial charge in [0.05, 0.1) is 11.7 Å². The zero-order chi connectivity index (χ0) is 13.2. The number of nitrogens with one attached hydrogen (secondary N) is 1. The van der Waals surface area contributed by atoms with Crippen LogP contribution in [0.4, 0.5) is 13.2 Å². The Morgan fingerprint density at radius 3 is 2.28 bits per heavy atom. The van der Waals surface area contributed by atoms with E-state index < -0.39 is 11.7 Å². The molecule has 0 unspecified atom stereocenters. The summed E-state index contributed by atoms with van der Waals surface area (Å²) >= 11 is 0. The molecule has 5 heteroatoms. The Bertz CT molecular complexity index is 382. The Balaban J connectivity index is 1.76. The summed E-state index contributed by atoms with van der Waals surface area (Å²) in [6.07, 6.45) is -2.79. The topological polar surface area (TPSA) is 32.3 Å². The molecule has 1 aliphatic rings. The van der Waals surface area contributed by atoms with Crippen molar-refractivity contribution < 1.29 is 18.3 Å². The van der Waals surface area contributed by atoms with E-state index >= 15 is 0 Å². The molecule has 1 fully saturated rings. The van der Waals surface area contributed by atoms with E-state index in [1.165, 1.54) is 12.1 Å². The van der Waals surface area contributed by atoms with E-state index in [4.69, 9.17) is 5.11 Å². The fourth-order valence-corrected chi connectivity index (χ4v) is 2.10. The molecule has 18 heavy (non-hydrogen) atoms. The Morgan fingerprint density at radius 2 is 1.78 bits per heavy atom. The Kier molecular flexibility index (Phi) is 3.92. The van der Waals surface area contributed by atoms with Gasteiger partial charge in [-0.2, -0.15) is 13.2 Å². The lowest BCUT2D eigenvalue weighted by molar-refractivity contribution is -0.137. The van der Waals surface area contributed by atoms with Gasteiger partial charge in [0.15, 0.2) is 0 Å². The predicted octanol–water partition coefficient (Wildman–Crippen LogP) is 2.57. The van der Waals surface area contributed by atoms with Crippen LogP contribution in [0.5, 0.6) is 0 Å². The van der Waals surface area contributed by atoms with E-state index in [-0.39, 0.29) is 6.10 Å². The Hall–Kier alpha value is -1.07. The fourth-order valence-electron chi connectivity index (χ4n) is 2.10. The molecule has 0 aromatic heterocycles. The van der Waals surface area contributed by atoms with Crippen molar-refractivity contribution in [3.05, 3.63) is 35.4 Å². The van der Waals surface area contributed by atoms with Crippen molar-refractivity contribution in [1.82, 2.24) is 5.32 Å². The highest BCUT2D eigenvalue weighted by molar-refractivity contribution is 5.24. The zero-order valence-electron chi connectivity index (χ0n) is 9.87. The van der Waals surface area contributed by atoms with Crippen LogP contribution in [-0.4, -0.2) is 17.8 Å². The molecule has 0 heterocycles. The van der Waals surface area contributed by atoms with E-state index in [9.17, 15) is 13.2 Å². The first-order chi connectivity index (χ1) is 8.45. The summed E-state index contributed by atoms with van der Waals surface area (Å²) in [6, 6.07) is 5.19. The van der Waals surface area contributed by atoms with Crippen LogP contribution in [0.1, 0.15) is 24.0 Å². The molecule has 2 nitrogen and oxygen atoms in total. The number of benzene rings is 1. The molecule has 1 aromatic carbocycles. The van der Waals surface area contributed by atoms with Gasteiger partial charge in [0.1, 0.15) is 0 Å². The van der Waals surface area contributed by atoms with E-state index in [1.807, 2.05) is 0 Å². The fraction of sp³-hybridized carbons (Fsp3) is 0.538. The molecule has 2 rings (SSSR count).